The maximum Gasteiger partial charge on any atom is 0.282 e. The lowest BCUT2D eigenvalue weighted by molar-refractivity contribution is 0.102. The maximum atomic E-state index is 13.0. The second-order valence-electron chi connectivity index (χ2n) is 6.98. The Morgan fingerprint density at radius 3 is 2.00 bits per heavy atom. The summed E-state index contributed by atoms with van der Waals surface area (Å²) in [6.07, 6.45) is 1.13. The Labute approximate surface area is 191 Å². The molecule has 0 saturated heterocycles. The molecule has 0 atom stereocenters. The number of allylic oxidation sites excluding steroid dienone is 2. The lowest BCUT2D eigenvalue weighted by atomic mass is 9.93. The molecule has 33 heavy (non-hydrogen) atoms. The first-order valence-corrected chi connectivity index (χ1v) is 12.6. The van der Waals surface area contributed by atoms with Crippen molar-refractivity contribution in [3.05, 3.63) is 102 Å². The number of Topliss-reactive ketones (excluding diaryl/α,β-unsaturated/α-hetero) is 1. The number of sulfonamides is 2. The summed E-state index contributed by atoms with van der Waals surface area (Å²) in [6.45, 7) is 0. The van der Waals surface area contributed by atoms with Crippen molar-refractivity contribution < 1.29 is 26.4 Å². The smallest absolute Gasteiger partial charge is 0.282 e. The summed E-state index contributed by atoms with van der Waals surface area (Å²) in [5.41, 5.74) is 0.0460. The zero-order valence-electron chi connectivity index (χ0n) is 17.3. The summed E-state index contributed by atoms with van der Waals surface area (Å²) in [4.78, 5) is 12.8. The van der Waals surface area contributed by atoms with Gasteiger partial charge in [0.15, 0.2) is 0 Å². The van der Waals surface area contributed by atoms with Gasteiger partial charge in [0.05, 0.1) is 28.3 Å². The van der Waals surface area contributed by atoms with Crippen LogP contribution in [-0.4, -0.2) is 35.4 Å². The highest BCUT2D eigenvalue weighted by molar-refractivity contribution is 7.90. The molecule has 3 aromatic rings. The van der Waals surface area contributed by atoms with Gasteiger partial charge in [-0.1, -0.05) is 42.5 Å². The van der Waals surface area contributed by atoms with E-state index in [1.54, 1.807) is 36.4 Å². The second kappa shape index (κ2) is 8.64. The highest BCUT2D eigenvalue weighted by Gasteiger charge is 2.29. The molecule has 0 amide bonds. The van der Waals surface area contributed by atoms with Crippen molar-refractivity contribution in [1.29, 1.82) is 0 Å². The molecule has 0 aromatic heterocycles. The van der Waals surface area contributed by atoms with E-state index in [1.807, 2.05) is 0 Å². The zero-order chi connectivity index (χ0) is 23.6. The van der Waals surface area contributed by atoms with Gasteiger partial charge in [-0.25, -0.2) is 8.42 Å². The average Bonchev–Trinajstić information content (AvgIpc) is 2.82. The Kier molecular flexibility index (Phi) is 5.88. The van der Waals surface area contributed by atoms with Gasteiger partial charge in [-0.2, -0.15) is 12.8 Å². The van der Waals surface area contributed by atoms with Crippen LogP contribution in [0.3, 0.4) is 0 Å². The molecule has 0 aliphatic heterocycles. The van der Waals surface area contributed by atoms with Crippen LogP contribution < -0.4 is 9.46 Å². The minimum Gasteiger partial charge on any atom is -0.497 e. The second-order valence-corrected chi connectivity index (χ2v) is 10.3. The van der Waals surface area contributed by atoms with Crippen LogP contribution in [0.2, 0.25) is 0 Å². The number of ether oxygens (including phenoxy) is 1. The Balaban J connectivity index is 1.80. The van der Waals surface area contributed by atoms with Crippen molar-refractivity contribution >= 4 is 31.5 Å². The Morgan fingerprint density at radius 2 is 1.36 bits per heavy atom. The minimum atomic E-state index is -4.17. The zero-order valence-corrected chi connectivity index (χ0v) is 18.9. The van der Waals surface area contributed by atoms with Crippen LogP contribution in [0.1, 0.15) is 15.9 Å². The summed E-state index contributed by atoms with van der Waals surface area (Å²) in [6, 6.07) is 19.5. The molecule has 0 bridgehead atoms. The van der Waals surface area contributed by atoms with E-state index < -0.39 is 25.8 Å². The molecule has 10 heteroatoms. The topological polar surface area (TPSA) is 119 Å². The lowest BCUT2D eigenvalue weighted by Crippen LogP contribution is -2.31. The first-order chi connectivity index (χ1) is 15.7. The van der Waals surface area contributed by atoms with Crippen molar-refractivity contribution in [1.82, 2.24) is 4.72 Å². The van der Waals surface area contributed by atoms with Gasteiger partial charge in [-0.05, 0) is 42.5 Å². The largest absolute Gasteiger partial charge is 0.497 e. The quantitative estimate of drug-likeness (QED) is 0.577. The molecule has 1 aliphatic carbocycles. The standard InChI is InChI=1S/C23H18N2O6S2/c1-31-16-11-13-18(14-12-16)33(29,30)24-21-15-22(23(26)20-10-6-5-9-19(20)21)25-32(27,28)17-7-3-2-4-8-17/h2-15,25H,1H3. The van der Waals surface area contributed by atoms with Crippen LogP contribution in [0.25, 0.3) is 0 Å². The molecular weight excluding hydrogens is 464 g/mol. The normalized spacial score (nSPS) is 15.0. The molecule has 0 spiro atoms. The molecular formula is C23H18N2O6S2. The van der Waals surface area contributed by atoms with Crippen LogP contribution in [0.5, 0.6) is 5.75 Å². The molecule has 0 saturated carbocycles. The summed E-state index contributed by atoms with van der Waals surface area (Å²) in [7, 11) is -6.78. The third-order valence-electron chi connectivity index (χ3n) is 4.85. The van der Waals surface area contributed by atoms with Crippen molar-refractivity contribution in [3.63, 3.8) is 0 Å². The summed E-state index contributed by atoms with van der Waals surface area (Å²) >= 11 is 0. The summed E-state index contributed by atoms with van der Waals surface area (Å²) < 4.78 is 62.6. The van der Waals surface area contributed by atoms with Crippen LogP contribution in [0, 0.1) is 0 Å². The highest BCUT2D eigenvalue weighted by Crippen LogP contribution is 2.25. The predicted octanol–water partition coefficient (Wildman–Crippen LogP) is 2.93. The van der Waals surface area contributed by atoms with Crippen LogP contribution in [0.15, 0.2) is 105 Å². The SMILES string of the molecule is COc1ccc(S(=O)(=O)N=C2C=C(NS(=O)(=O)c3ccccc3)C(=O)c3ccccc32)cc1. The number of methoxy groups -OCH3 is 1. The number of hydrogen-bond acceptors (Lipinski definition) is 6. The molecule has 0 unspecified atom stereocenters. The maximum absolute atomic E-state index is 13.0. The molecule has 3 aromatic carbocycles. The first-order valence-electron chi connectivity index (χ1n) is 9.64. The highest BCUT2D eigenvalue weighted by atomic mass is 32.2. The van der Waals surface area contributed by atoms with E-state index in [-0.39, 0.29) is 32.3 Å². The Morgan fingerprint density at radius 1 is 0.758 bits per heavy atom. The van der Waals surface area contributed by atoms with Gasteiger partial charge < -0.3 is 4.74 Å². The van der Waals surface area contributed by atoms with E-state index in [4.69, 9.17) is 4.74 Å². The monoisotopic (exact) mass is 482 g/mol. The van der Waals surface area contributed by atoms with Crippen molar-refractivity contribution in [2.24, 2.45) is 4.40 Å². The fourth-order valence-corrected chi connectivity index (χ4v) is 5.28. The van der Waals surface area contributed by atoms with Crippen molar-refractivity contribution in [2.75, 3.05) is 7.11 Å². The number of carbonyl (C=O) groups is 1. The molecule has 0 fully saturated rings. The third-order valence-corrected chi connectivity index (χ3v) is 7.53. The number of fused-ring (bicyclic) bond motifs is 1. The fourth-order valence-electron chi connectivity index (χ4n) is 3.21. The number of hydrogen-bond donors (Lipinski definition) is 1. The van der Waals surface area contributed by atoms with E-state index >= 15 is 0 Å². The number of nitrogens with zero attached hydrogens (tertiary/aromatic N) is 1. The number of benzene rings is 3. The first kappa shape index (κ1) is 22.4. The van der Waals surface area contributed by atoms with E-state index in [2.05, 4.69) is 9.12 Å². The fraction of sp³-hybridized carbons (Fsp3) is 0.0435. The van der Waals surface area contributed by atoms with Crippen molar-refractivity contribution in [3.8, 4) is 5.75 Å². The van der Waals surface area contributed by atoms with Gasteiger partial charge in [0.25, 0.3) is 20.0 Å². The average molecular weight is 483 g/mol. The van der Waals surface area contributed by atoms with Crippen LogP contribution in [0.4, 0.5) is 0 Å². The molecule has 1 N–H and O–H groups in total. The van der Waals surface area contributed by atoms with E-state index in [1.165, 1.54) is 49.6 Å². The van der Waals surface area contributed by atoms with E-state index in [0.29, 0.717) is 5.75 Å². The Bertz CT molecular complexity index is 1490. The van der Waals surface area contributed by atoms with Gasteiger partial charge in [-0.15, -0.1) is 0 Å². The number of rotatable bonds is 6. The molecule has 0 radical (unpaired) electrons. The molecule has 168 valence electrons. The van der Waals surface area contributed by atoms with E-state index in [9.17, 15) is 21.6 Å². The van der Waals surface area contributed by atoms with Crippen LogP contribution >= 0.6 is 0 Å². The van der Waals surface area contributed by atoms with Gasteiger partial charge in [0.2, 0.25) is 5.78 Å². The van der Waals surface area contributed by atoms with Gasteiger partial charge in [-0.3, -0.25) is 9.52 Å². The van der Waals surface area contributed by atoms with Gasteiger partial charge in [0.1, 0.15) is 5.75 Å². The lowest BCUT2D eigenvalue weighted by Gasteiger charge is -2.18. The number of ketones is 1. The predicted molar refractivity (Wildman–Crippen MR) is 122 cm³/mol. The molecule has 8 nitrogen and oxygen atoms in total. The summed E-state index contributed by atoms with van der Waals surface area (Å²) in [5.74, 6) is -0.112. The van der Waals surface area contributed by atoms with Gasteiger partial charge >= 0.3 is 0 Å². The number of carbonyl (C=O) groups excluding carboxylic acids is 1. The van der Waals surface area contributed by atoms with Gasteiger partial charge in [0, 0.05) is 11.1 Å². The third kappa shape index (κ3) is 4.57. The Hall–Kier alpha value is -3.76. The molecule has 1 aliphatic rings. The number of nitrogens with one attached hydrogen (secondary N) is 1. The summed E-state index contributed by atoms with van der Waals surface area (Å²) in [5, 5.41) is 0. The molecule has 0 heterocycles. The van der Waals surface area contributed by atoms with E-state index in [0.717, 1.165) is 6.08 Å². The van der Waals surface area contributed by atoms with Crippen molar-refractivity contribution in [2.45, 2.75) is 9.79 Å². The van der Waals surface area contributed by atoms with Crippen LogP contribution in [-0.2, 0) is 20.0 Å². The minimum absolute atomic E-state index is 0.0399. The molecule has 4 rings (SSSR count).